The third kappa shape index (κ3) is 2.32. The molecule has 2 aromatic rings. The number of rotatable bonds is 2. The molecular weight excluding hydrogens is 219 g/mol. The first kappa shape index (κ1) is 10.9. The van der Waals surface area contributed by atoms with Crippen molar-refractivity contribution in [2.75, 3.05) is 11.1 Å². The molecule has 17 heavy (non-hydrogen) atoms. The number of nitrogens with zero attached hydrogens (tertiary/aromatic N) is 2. The third-order valence-electron chi connectivity index (χ3n) is 2.19. The van der Waals surface area contributed by atoms with E-state index in [-0.39, 0.29) is 5.56 Å². The Labute approximate surface area is 97.5 Å². The predicted octanol–water partition coefficient (Wildman–Crippen LogP) is 2.42. The van der Waals surface area contributed by atoms with Crippen molar-refractivity contribution >= 4 is 17.2 Å². The molecule has 0 atom stereocenters. The highest BCUT2D eigenvalue weighted by atomic mass is 19.1. The lowest BCUT2D eigenvalue weighted by molar-refractivity contribution is 0.624. The zero-order valence-electron chi connectivity index (χ0n) is 8.81. The molecule has 0 unspecified atom stereocenters. The Bertz CT molecular complexity index is 572. The van der Waals surface area contributed by atoms with Gasteiger partial charge in [0.15, 0.2) is 0 Å². The van der Waals surface area contributed by atoms with Gasteiger partial charge in [-0.15, -0.1) is 0 Å². The second kappa shape index (κ2) is 4.49. The molecule has 0 aliphatic rings. The van der Waals surface area contributed by atoms with E-state index in [1.54, 1.807) is 18.2 Å². The van der Waals surface area contributed by atoms with Gasteiger partial charge in [-0.1, -0.05) is 6.07 Å². The van der Waals surface area contributed by atoms with Crippen molar-refractivity contribution in [2.24, 2.45) is 0 Å². The largest absolute Gasteiger partial charge is 0.384 e. The molecule has 1 heterocycles. The fourth-order valence-corrected chi connectivity index (χ4v) is 1.38. The molecular formula is C12H9FN4. The monoisotopic (exact) mass is 228 g/mol. The van der Waals surface area contributed by atoms with Crippen LogP contribution in [0.3, 0.4) is 0 Å². The van der Waals surface area contributed by atoms with Gasteiger partial charge < -0.3 is 11.1 Å². The van der Waals surface area contributed by atoms with Crippen LogP contribution in [0.2, 0.25) is 0 Å². The molecule has 0 bridgehead atoms. The first-order valence-electron chi connectivity index (χ1n) is 4.88. The number of benzene rings is 1. The van der Waals surface area contributed by atoms with Crippen molar-refractivity contribution in [2.45, 2.75) is 0 Å². The van der Waals surface area contributed by atoms with E-state index in [2.05, 4.69) is 10.3 Å². The molecule has 0 saturated heterocycles. The summed E-state index contributed by atoms with van der Waals surface area (Å²) in [6, 6.07) is 9.53. The Morgan fingerprint density at radius 3 is 2.76 bits per heavy atom. The number of hydrogen-bond donors (Lipinski definition) is 2. The topological polar surface area (TPSA) is 74.7 Å². The van der Waals surface area contributed by atoms with Gasteiger partial charge in [0.25, 0.3) is 0 Å². The molecule has 2 rings (SSSR count). The molecule has 0 radical (unpaired) electrons. The molecule has 0 aliphatic carbocycles. The smallest absolute Gasteiger partial charge is 0.143 e. The van der Waals surface area contributed by atoms with Crippen molar-refractivity contribution in [1.82, 2.24) is 4.98 Å². The summed E-state index contributed by atoms with van der Waals surface area (Å²) in [6.07, 6.45) is 1.52. The van der Waals surface area contributed by atoms with Crippen LogP contribution in [0.15, 0.2) is 36.5 Å². The Morgan fingerprint density at radius 2 is 2.12 bits per heavy atom. The molecule has 5 heteroatoms. The molecule has 1 aromatic carbocycles. The quantitative estimate of drug-likeness (QED) is 0.827. The summed E-state index contributed by atoms with van der Waals surface area (Å²) < 4.78 is 13.3. The van der Waals surface area contributed by atoms with E-state index in [9.17, 15) is 4.39 Å². The van der Waals surface area contributed by atoms with E-state index in [0.717, 1.165) is 0 Å². The Kier molecular flexibility index (Phi) is 2.88. The van der Waals surface area contributed by atoms with Gasteiger partial charge in [-0.25, -0.2) is 9.37 Å². The molecule has 0 aliphatic heterocycles. The van der Waals surface area contributed by atoms with Crippen LogP contribution in [0.25, 0.3) is 0 Å². The maximum absolute atomic E-state index is 13.3. The zero-order chi connectivity index (χ0) is 12.3. The number of hydrogen-bond acceptors (Lipinski definition) is 4. The minimum absolute atomic E-state index is 0.0238. The van der Waals surface area contributed by atoms with Gasteiger partial charge in [0.1, 0.15) is 23.3 Å². The van der Waals surface area contributed by atoms with E-state index in [4.69, 9.17) is 11.0 Å². The fourth-order valence-electron chi connectivity index (χ4n) is 1.38. The number of pyridine rings is 1. The number of anilines is 3. The number of nitriles is 1. The van der Waals surface area contributed by atoms with E-state index < -0.39 is 5.82 Å². The van der Waals surface area contributed by atoms with Crippen molar-refractivity contribution in [3.63, 3.8) is 0 Å². The van der Waals surface area contributed by atoms with Gasteiger partial charge in [0.2, 0.25) is 0 Å². The zero-order valence-corrected chi connectivity index (χ0v) is 8.81. The van der Waals surface area contributed by atoms with Crippen LogP contribution in [0, 0.1) is 17.1 Å². The van der Waals surface area contributed by atoms with E-state index in [0.29, 0.717) is 17.2 Å². The highest BCUT2D eigenvalue weighted by Gasteiger charge is 2.07. The maximum atomic E-state index is 13.3. The number of nitrogen functional groups attached to an aromatic ring is 1. The number of nitrogens with two attached hydrogens (primary N) is 1. The molecule has 84 valence electrons. The van der Waals surface area contributed by atoms with Crippen LogP contribution in [0.4, 0.5) is 21.6 Å². The summed E-state index contributed by atoms with van der Waals surface area (Å²) in [5.74, 6) is -0.156. The van der Waals surface area contributed by atoms with Gasteiger partial charge in [0, 0.05) is 0 Å². The molecule has 0 amide bonds. The SMILES string of the molecule is N#Cc1c(F)cccc1Nc1ccc(N)nc1. The highest BCUT2D eigenvalue weighted by molar-refractivity contribution is 5.66. The minimum atomic E-state index is -0.555. The highest BCUT2D eigenvalue weighted by Crippen LogP contribution is 2.22. The standard InChI is InChI=1S/C12H9FN4/c13-10-2-1-3-11(9(10)6-14)17-8-4-5-12(15)16-7-8/h1-5,7,17H,(H2,15,16). The second-order valence-corrected chi connectivity index (χ2v) is 3.37. The second-order valence-electron chi connectivity index (χ2n) is 3.37. The average molecular weight is 228 g/mol. The summed E-state index contributed by atoms with van der Waals surface area (Å²) in [7, 11) is 0. The molecule has 0 spiro atoms. The average Bonchev–Trinajstić information content (AvgIpc) is 2.32. The van der Waals surface area contributed by atoms with E-state index >= 15 is 0 Å². The van der Waals surface area contributed by atoms with Crippen molar-refractivity contribution in [3.8, 4) is 6.07 Å². The lowest BCUT2D eigenvalue weighted by atomic mass is 10.2. The fraction of sp³-hybridized carbons (Fsp3) is 0. The van der Waals surface area contributed by atoms with Gasteiger partial charge in [-0.3, -0.25) is 0 Å². The van der Waals surface area contributed by atoms with Crippen LogP contribution in [-0.2, 0) is 0 Å². The maximum Gasteiger partial charge on any atom is 0.143 e. The Hall–Kier alpha value is -2.61. The van der Waals surface area contributed by atoms with Crippen LogP contribution < -0.4 is 11.1 Å². The number of aromatic nitrogens is 1. The van der Waals surface area contributed by atoms with Crippen molar-refractivity contribution in [1.29, 1.82) is 5.26 Å². The van der Waals surface area contributed by atoms with E-state index in [1.165, 1.54) is 18.3 Å². The molecule has 0 saturated carbocycles. The van der Waals surface area contributed by atoms with Gasteiger partial charge in [-0.2, -0.15) is 5.26 Å². The first-order chi connectivity index (χ1) is 8.20. The third-order valence-corrected chi connectivity index (χ3v) is 2.19. The summed E-state index contributed by atoms with van der Waals surface area (Å²) in [4.78, 5) is 3.89. The van der Waals surface area contributed by atoms with Crippen LogP contribution >= 0.6 is 0 Å². The lowest BCUT2D eigenvalue weighted by Crippen LogP contribution is -1.97. The lowest BCUT2D eigenvalue weighted by Gasteiger charge is -2.08. The normalized spacial score (nSPS) is 9.65. The van der Waals surface area contributed by atoms with Crippen LogP contribution in [-0.4, -0.2) is 4.98 Å². The van der Waals surface area contributed by atoms with E-state index in [1.807, 2.05) is 6.07 Å². The molecule has 4 nitrogen and oxygen atoms in total. The minimum Gasteiger partial charge on any atom is -0.384 e. The number of nitrogens with one attached hydrogen (secondary N) is 1. The summed E-state index contributed by atoms with van der Waals surface area (Å²) in [6.45, 7) is 0. The van der Waals surface area contributed by atoms with Crippen LogP contribution in [0.1, 0.15) is 5.56 Å². The number of halogens is 1. The Morgan fingerprint density at radius 1 is 1.29 bits per heavy atom. The van der Waals surface area contributed by atoms with Crippen molar-refractivity contribution in [3.05, 3.63) is 47.9 Å². The van der Waals surface area contributed by atoms with Gasteiger partial charge >= 0.3 is 0 Å². The van der Waals surface area contributed by atoms with Gasteiger partial charge in [0.05, 0.1) is 17.6 Å². The molecule has 3 N–H and O–H groups in total. The Balaban J connectivity index is 2.34. The molecule has 0 fully saturated rings. The summed E-state index contributed by atoms with van der Waals surface area (Å²) in [5.41, 5.74) is 6.47. The predicted molar refractivity (Wildman–Crippen MR) is 63.0 cm³/mol. The summed E-state index contributed by atoms with van der Waals surface area (Å²) in [5, 5.41) is 11.8. The van der Waals surface area contributed by atoms with Gasteiger partial charge in [-0.05, 0) is 24.3 Å². The molecule has 1 aromatic heterocycles. The van der Waals surface area contributed by atoms with Crippen LogP contribution in [0.5, 0.6) is 0 Å². The summed E-state index contributed by atoms with van der Waals surface area (Å²) >= 11 is 0. The first-order valence-corrected chi connectivity index (χ1v) is 4.88. The van der Waals surface area contributed by atoms with Crippen molar-refractivity contribution < 1.29 is 4.39 Å².